The quantitative estimate of drug-likeness (QED) is 0.554. The van der Waals surface area contributed by atoms with E-state index in [4.69, 9.17) is 22.3 Å². The number of likely N-dealkylation sites (N-methyl/N-ethyl adjacent to an activating group) is 1. The second kappa shape index (κ2) is 7.00. The largest absolute Gasteiger partial charge is 0.465 e. The van der Waals surface area contributed by atoms with Crippen LogP contribution in [-0.2, 0) is 0 Å². The van der Waals surface area contributed by atoms with Crippen molar-refractivity contribution < 1.29 is 9.90 Å². The molecule has 5 heterocycles. The summed E-state index contributed by atoms with van der Waals surface area (Å²) in [7, 11) is 4.13. The van der Waals surface area contributed by atoms with E-state index in [9.17, 15) is 9.90 Å². The molecule has 1 saturated carbocycles. The predicted octanol–water partition coefficient (Wildman–Crippen LogP) is 2.54. The van der Waals surface area contributed by atoms with Crippen LogP contribution in [0.25, 0.3) is 11.0 Å². The normalized spacial score (nSPS) is 25.6. The molecule has 2 bridgehead atoms. The van der Waals surface area contributed by atoms with Crippen LogP contribution in [0, 0.1) is 5.92 Å². The molecule has 1 aliphatic carbocycles. The van der Waals surface area contributed by atoms with Gasteiger partial charge in [0.2, 0.25) is 0 Å². The van der Waals surface area contributed by atoms with Crippen LogP contribution in [-0.4, -0.2) is 82.8 Å². The maximum atomic E-state index is 11.5. The Morgan fingerprint density at radius 2 is 2.10 bits per heavy atom. The van der Waals surface area contributed by atoms with Gasteiger partial charge >= 0.3 is 6.09 Å². The van der Waals surface area contributed by atoms with Crippen LogP contribution in [0.5, 0.6) is 0 Å². The van der Waals surface area contributed by atoms with Gasteiger partial charge in [-0.25, -0.2) is 14.8 Å². The summed E-state index contributed by atoms with van der Waals surface area (Å²) in [5.41, 5.74) is 9.10. The summed E-state index contributed by atoms with van der Waals surface area (Å²) >= 11 is 9.70. The van der Waals surface area contributed by atoms with Crippen molar-refractivity contribution in [2.24, 2.45) is 5.92 Å². The first-order valence-electron chi connectivity index (χ1n) is 9.87. The number of anilines is 3. The van der Waals surface area contributed by atoms with E-state index in [2.05, 4.69) is 50.1 Å². The summed E-state index contributed by atoms with van der Waals surface area (Å²) in [5, 5.41) is 13.3. The van der Waals surface area contributed by atoms with E-state index in [1.54, 1.807) is 0 Å². The molecule has 4 aliphatic rings. The number of nitrogens with one attached hydrogen (secondary N) is 1. The van der Waals surface area contributed by atoms with Gasteiger partial charge in [0.1, 0.15) is 16.4 Å². The molecule has 30 heavy (non-hydrogen) atoms. The highest BCUT2D eigenvalue weighted by atomic mass is 79.9. The van der Waals surface area contributed by atoms with Crippen molar-refractivity contribution in [1.82, 2.24) is 19.8 Å². The van der Waals surface area contributed by atoms with E-state index in [0.29, 0.717) is 44.6 Å². The van der Waals surface area contributed by atoms with Crippen LogP contribution < -0.4 is 16.0 Å². The second-order valence-corrected chi connectivity index (χ2v) is 9.76. The van der Waals surface area contributed by atoms with Gasteiger partial charge in [-0.2, -0.15) is 0 Å². The fourth-order valence-electron chi connectivity index (χ4n) is 4.70. The minimum Gasteiger partial charge on any atom is -0.465 e. The Balaban J connectivity index is 1.53. The molecule has 3 aliphatic heterocycles. The molecule has 2 aromatic rings. The van der Waals surface area contributed by atoms with Crippen molar-refractivity contribution in [3.8, 4) is 0 Å². The number of hydrogen-bond donors (Lipinski definition) is 3. The molecule has 0 spiro atoms. The maximum Gasteiger partial charge on any atom is 0.407 e. The Labute approximate surface area is 187 Å². The Bertz CT molecular complexity index is 1050. The number of fused-ring (bicyclic) bond motifs is 2. The lowest BCUT2D eigenvalue weighted by Gasteiger charge is -2.44. The minimum absolute atomic E-state index is 0.0111. The van der Waals surface area contributed by atoms with Gasteiger partial charge < -0.3 is 30.9 Å². The molecule has 6 rings (SSSR count). The zero-order valence-corrected chi connectivity index (χ0v) is 19.0. The Morgan fingerprint density at radius 1 is 1.37 bits per heavy atom. The molecular formula is C19H23BrClN7O2. The zero-order valence-electron chi connectivity index (χ0n) is 16.6. The SMILES string of the molecule is CN(C)C1CN(c2nc3cc(Br)c(Cl)nc3c(NC3C4CC3N(C(=O)O)C4)c2N)C1. The fraction of sp³-hybridized carbons (Fsp3) is 0.526. The summed E-state index contributed by atoms with van der Waals surface area (Å²) in [5.74, 6) is 0.992. The average Bonchev–Trinajstić information content (AvgIpc) is 3.22. The molecule has 4 fully saturated rings. The first-order chi connectivity index (χ1) is 14.2. The summed E-state index contributed by atoms with van der Waals surface area (Å²) in [6.45, 7) is 2.24. The molecule has 0 aromatic carbocycles. The van der Waals surface area contributed by atoms with Crippen molar-refractivity contribution in [3.63, 3.8) is 0 Å². The average molecular weight is 497 g/mol. The number of nitrogens with zero attached hydrogens (tertiary/aromatic N) is 5. The van der Waals surface area contributed by atoms with Gasteiger partial charge in [0.15, 0.2) is 5.82 Å². The maximum absolute atomic E-state index is 11.5. The third kappa shape index (κ3) is 2.96. The van der Waals surface area contributed by atoms with Gasteiger partial charge in [-0.15, -0.1) is 0 Å². The molecule has 3 atom stereocenters. The third-order valence-electron chi connectivity index (χ3n) is 6.63. The highest BCUT2D eigenvalue weighted by Gasteiger charge is 2.54. The molecule has 9 nitrogen and oxygen atoms in total. The first kappa shape index (κ1) is 19.9. The number of nitrogen functional groups attached to an aromatic ring is 1. The number of pyridine rings is 2. The number of hydrogen-bond acceptors (Lipinski definition) is 7. The number of halogens is 2. The van der Waals surface area contributed by atoms with Crippen molar-refractivity contribution in [1.29, 1.82) is 0 Å². The Hall–Kier alpha value is -2.04. The van der Waals surface area contributed by atoms with Gasteiger partial charge in [0, 0.05) is 31.6 Å². The summed E-state index contributed by atoms with van der Waals surface area (Å²) in [4.78, 5) is 26.7. The summed E-state index contributed by atoms with van der Waals surface area (Å²) in [6.07, 6.45) is -0.00343. The van der Waals surface area contributed by atoms with Crippen LogP contribution >= 0.6 is 27.5 Å². The summed E-state index contributed by atoms with van der Waals surface area (Å²) < 4.78 is 0.668. The van der Waals surface area contributed by atoms with Crippen molar-refractivity contribution in [2.75, 3.05) is 49.7 Å². The molecule has 0 radical (unpaired) electrons. The van der Waals surface area contributed by atoms with Crippen molar-refractivity contribution >= 4 is 61.9 Å². The monoisotopic (exact) mass is 495 g/mol. The van der Waals surface area contributed by atoms with E-state index in [1.165, 1.54) is 4.90 Å². The topological polar surface area (TPSA) is 111 Å². The van der Waals surface area contributed by atoms with E-state index in [1.807, 2.05) is 6.07 Å². The lowest BCUT2D eigenvalue weighted by atomic mass is 9.80. The number of carbonyl (C=O) groups is 1. The fourth-order valence-corrected chi connectivity index (χ4v) is 5.15. The number of nitrogens with two attached hydrogens (primary N) is 1. The van der Waals surface area contributed by atoms with E-state index >= 15 is 0 Å². The third-order valence-corrected chi connectivity index (χ3v) is 7.75. The van der Waals surface area contributed by atoms with Gasteiger partial charge in [-0.05, 0) is 42.5 Å². The number of carboxylic acid groups (broad SMARTS) is 1. The van der Waals surface area contributed by atoms with E-state index < -0.39 is 6.09 Å². The van der Waals surface area contributed by atoms with Crippen LogP contribution in [0.1, 0.15) is 6.42 Å². The van der Waals surface area contributed by atoms with Gasteiger partial charge in [-0.1, -0.05) is 11.6 Å². The molecule has 3 unspecified atom stereocenters. The number of amides is 1. The molecule has 11 heteroatoms. The second-order valence-electron chi connectivity index (χ2n) is 8.54. The first-order valence-corrected chi connectivity index (χ1v) is 11.0. The van der Waals surface area contributed by atoms with Crippen LogP contribution in [0.2, 0.25) is 5.15 Å². The Kier molecular flexibility index (Phi) is 4.64. The minimum atomic E-state index is -0.875. The van der Waals surface area contributed by atoms with Gasteiger partial charge in [0.25, 0.3) is 0 Å². The smallest absolute Gasteiger partial charge is 0.407 e. The van der Waals surface area contributed by atoms with Crippen molar-refractivity contribution in [3.05, 3.63) is 15.7 Å². The molecule has 2 aromatic heterocycles. The van der Waals surface area contributed by atoms with Crippen molar-refractivity contribution in [2.45, 2.75) is 24.5 Å². The lowest BCUT2D eigenvalue weighted by molar-refractivity contribution is 0.140. The van der Waals surface area contributed by atoms with Crippen LogP contribution in [0.3, 0.4) is 0 Å². The highest BCUT2D eigenvalue weighted by Crippen LogP contribution is 2.46. The van der Waals surface area contributed by atoms with Crippen LogP contribution in [0.4, 0.5) is 22.0 Å². The molecule has 160 valence electrons. The van der Waals surface area contributed by atoms with Gasteiger partial charge in [0.05, 0.1) is 27.8 Å². The molecular weight excluding hydrogens is 474 g/mol. The van der Waals surface area contributed by atoms with Crippen LogP contribution in [0.15, 0.2) is 10.5 Å². The summed E-state index contributed by atoms with van der Waals surface area (Å²) in [6, 6.07) is 2.27. The molecule has 4 N–H and O–H groups in total. The Morgan fingerprint density at radius 3 is 2.73 bits per heavy atom. The highest BCUT2D eigenvalue weighted by molar-refractivity contribution is 9.10. The lowest BCUT2D eigenvalue weighted by Crippen LogP contribution is -2.58. The zero-order chi connectivity index (χ0) is 21.3. The standard InChI is InChI=1S/C19H23BrClN7O2/c1-26(2)9-6-27(7-9)18-13(22)16(15-11(23-18)4-10(20)17(21)25-15)24-14-8-3-12(14)28(5-8)19(29)30/h4,8-9,12,14H,3,5-7,22H2,1-2H3,(H,23,24)(H,29,30). The van der Waals surface area contributed by atoms with Gasteiger partial charge in [-0.3, -0.25) is 0 Å². The molecule has 3 saturated heterocycles. The van der Waals surface area contributed by atoms with E-state index in [-0.39, 0.29) is 18.0 Å². The predicted molar refractivity (Wildman–Crippen MR) is 120 cm³/mol. The number of aromatic nitrogens is 2. The van der Waals surface area contributed by atoms with E-state index in [0.717, 1.165) is 25.3 Å². The number of rotatable bonds is 4. The molecule has 1 amide bonds.